The summed E-state index contributed by atoms with van der Waals surface area (Å²) in [6.45, 7) is 2.35. The predicted octanol–water partition coefficient (Wildman–Crippen LogP) is 2.88. The maximum absolute atomic E-state index is 12.4. The lowest BCUT2D eigenvalue weighted by atomic mass is 10.1. The lowest BCUT2D eigenvalue weighted by Crippen LogP contribution is -2.41. The molecule has 2 N–H and O–H groups in total. The van der Waals surface area contributed by atoms with E-state index in [-0.39, 0.29) is 18.0 Å². The van der Waals surface area contributed by atoms with Crippen LogP contribution in [0, 0.1) is 0 Å². The SMILES string of the molecule is CNC(=O)[C@@H]1C[C@H](NCc2ccc(N(C)C)cc2)CN1Cc1cccc(Cl)c1. The third-order valence-electron chi connectivity index (χ3n) is 5.27. The predicted molar refractivity (Wildman–Crippen MR) is 116 cm³/mol. The third kappa shape index (κ3) is 5.25. The van der Waals surface area contributed by atoms with Gasteiger partial charge >= 0.3 is 0 Å². The molecule has 2 aromatic rings. The molecule has 1 aliphatic rings. The molecule has 1 saturated heterocycles. The van der Waals surface area contributed by atoms with Crippen molar-refractivity contribution < 1.29 is 4.79 Å². The second kappa shape index (κ2) is 9.41. The van der Waals surface area contributed by atoms with Crippen LogP contribution in [0.25, 0.3) is 0 Å². The molecule has 0 aromatic heterocycles. The van der Waals surface area contributed by atoms with Crippen molar-refractivity contribution in [3.8, 4) is 0 Å². The van der Waals surface area contributed by atoms with E-state index in [0.29, 0.717) is 6.54 Å². The second-order valence-electron chi connectivity index (χ2n) is 7.56. The number of carbonyl (C=O) groups excluding carboxylic acids is 1. The van der Waals surface area contributed by atoms with Gasteiger partial charge < -0.3 is 15.5 Å². The van der Waals surface area contributed by atoms with Gasteiger partial charge in [0.2, 0.25) is 5.91 Å². The van der Waals surface area contributed by atoms with Crippen LogP contribution in [0.15, 0.2) is 48.5 Å². The molecule has 5 nitrogen and oxygen atoms in total. The Morgan fingerprint density at radius 1 is 1.18 bits per heavy atom. The number of amides is 1. The molecule has 150 valence electrons. The van der Waals surface area contributed by atoms with Gasteiger partial charge in [-0.2, -0.15) is 0 Å². The number of rotatable bonds is 7. The first-order valence-corrected chi connectivity index (χ1v) is 10.0. The van der Waals surface area contributed by atoms with E-state index in [1.807, 2.05) is 32.3 Å². The maximum Gasteiger partial charge on any atom is 0.237 e. The van der Waals surface area contributed by atoms with E-state index in [9.17, 15) is 4.79 Å². The zero-order valence-electron chi connectivity index (χ0n) is 16.8. The van der Waals surface area contributed by atoms with Gasteiger partial charge in [-0.25, -0.2) is 0 Å². The molecule has 0 bridgehead atoms. The van der Waals surface area contributed by atoms with Crippen molar-refractivity contribution >= 4 is 23.2 Å². The molecule has 28 heavy (non-hydrogen) atoms. The summed E-state index contributed by atoms with van der Waals surface area (Å²) in [7, 11) is 5.78. The summed E-state index contributed by atoms with van der Waals surface area (Å²) in [6, 6.07) is 16.6. The Kier molecular flexibility index (Phi) is 6.94. The number of likely N-dealkylation sites (N-methyl/N-ethyl adjacent to an activating group) is 1. The number of nitrogens with one attached hydrogen (secondary N) is 2. The van der Waals surface area contributed by atoms with Crippen LogP contribution < -0.4 is 15.5 Å². The van der Waals surface area contributed by atoms with E-state index in [1.165, 1.54) is 11.3 Å². The highest BCUT2D eigenvalue weighted by molar-refractivity contribution is 6.30. The molecule has 1 amide bonds. The van der Waals surface area contributed by atoms with Crippen molar-refractivity contribution in [2.45, 2.75) is 31.6 Å². The first-order valence-electron chi connectivity index (χ1n) is 9.66. The van der Waals surface area contributed by atoms with Crippen molar-refractivity contribution in [3.05, 3.63) is 64.7 Å². The molecule has 0 aliphatic carbocycles. The zero-order valence-corrected chi connectivity index (χ0v) is 17.5. The second-order valence-corrected chi connectivity index (χ2v) is 8.00. The smallest absolute Gasteiger partial charge is 0.237 e. The average Bonchev–Trinajstić information content (AvgIpc) is 3.08. The van der Waals surface area contributed by atoms with E-state index in [2.05, 4.69) is 50.8 Å². The topological polar surface area (TPSA) is 47.6 Å². The number of likely N-dealkylation sites (tertiary alicyclic amines) is 1. The van der Waals surface area contributed by atoms with Crippen molar-refractivity contribution in [3.63, 3.8) is 0 Å². The van der Waals surface area contributed by atoms with E-state index in [0.717, 1.165) is 30.1 Å². The number of anilines is 1. The molecule has 0 spiro atoms. The fourth-order valence-electron chi connectivity index (χ4n) is 3.71. The Balaban J connectivity index is 1.62. The zero-order chi connectivity index (χ0) is 20.1. The van der Waals surface area contributed by atoms with Gasteiger partial charge in [-0.15, -0.1) is 0 Å². The van der Waals surface area contributed by atoms with E-state index in [1.54, 1.807) is 7.05 Å². The summed E-state index contributed by atoms with van der Waals surface area (Å²) in [5.74, 6) is 0.0710. The molecular weight excluding hydrogens is 372 g/mol. The Morgan fingerprint density at radius 3 is 2.57 bits per heavy atom. The molecule has 6 heteroatoms. The monoisotopic (exact) mass is 400 g/mol. The molecule has 1 heterocycles. The highest BCUT2D eigenvalue weighted by atomic mass is 35.5. The van der Waals surface area contributed by atoms with Crippen LogP contribution in [0.3, 0.4) is 0 Å². The van der Waals surface area contributed by atoms with Gasteiger partial charge in [-0.05, 0) is 41.8 Å². The summed E-state index contributed by atoms with van der Waals surface area (Å²) < 4.78 is 0. The van der Waals surface area contributed by atoms with E-state index in [4.69, 9.17) is 11.6 Å². The molecule has 2 atom stereocenters. The van der Waals surface area contributed by atoms with Gasteiger partial charge in [0.25, 0.3) is 0 Å². The first-order chi connectivity index (χ1) is 13.5. The summed E-state index contributed by atoms with van der Waals surface area (Å²) >= 11 is 6.12. The summed E-state index contributed by atoms with van der Waals surface area (Å²) in [5.41, 5.74) is 3.56. The Hall–Kier alpha value is -2.08. The number of hydrogen-bond donors (Lipinski definition) is 2. The van der Waals surface area contributed by atoms with E-state index < -0.39 is 0 Å². The minimum absolute atomic E-state index is 0.0710. The number of halogens is 1. The molecule has 0 unspecified atom stereocenters. The summed E-state index contributed by atoms with van der Waals surface area (Å²) in [6.07, 6.45) is 0.802. The molecule has 2 aromatic carbocycles. The highest BCUT2D eigenvalue weighted by Gasteiger charge is 2.36. The van der Waals surface area contributed by atoms with Crippen LogP contribution in [0.1, 0.15) is 17.5 Å². The van der Waals surface area contributed by atoms with Gasteiger partial charge in [-0.1, -0.05) is 35.9 Å². The number of nitrogens with zero attached hydrogens (tertiary/aromatic N) is 2. The molecule has 1 aliphatic heterocycles. The van der Waals surface area contributed by atoms with Crippen LogP contribution >= 0.6 is 11.6 Å². The minimum atomic E-state index is -0.127. The quantitative estimate of drug-likeness (QED) is 0.750. The largest absolute Gasteiger partial charge is 0.378 e. The molecule has 0 radical (unpaired) electrons. The van der Waals surface area contributed by atoms with Crippen LogP contribution in [-0.2, 0) is 17.9 Å². The standard InChI is InChI=1S/C22H29ClN4O/c1-24-22(28)21-12-19(15-27(21)14-17-5-4-6-18(23)11-17)25-13-16-7-9-20(10-8-16)26(2)3/h4-11,19,21,25H,12-15H2,1-3H3,(H,24,28)/t19-,21-/m0/s1. The van der Waals surface area contributed by atoms with Gasteiger partial charge in [0.15, 0.2) is 0 Å². The lowest BCUT2D eigenvalue weighted by molar-refractivity contribution is -0.125. The Morgan fingerprint density at radius 2 is 1.93 bits per heavy atom. The fourth-order valence-corrected chi connectivity index (χ4v) is 3.92. The highest BCUT2D eigenvalue weighted by Crippen LogP contribution is 2.23. The van der Waals surface area contributed by atoms with Crippen LogP contribution in [-0.4, -0.2) is 50.6 Å². The van der Waals surface area contributed by atoms with E-state index >= 15 is 0 Å². The summed E-state index contributed by atoms with van der Waals surface area (Å²) in [4.78, 5) is 16.7. The third-order valence-corrected chi connectivity index (χ3v) is 5.51. The Bertz CT molecular complexity index is 793. The lowest BCUT2D eigenvalue weighted by Gasteiger charge is -2.23. The number of carbonyl (C=O) groups is 1. The van der Waals surface area contributed by atoms with Crippen molar-refractivity contribution in [1.82, 2.24) is 15.5 Å². The van der Waals surface area contributed by atoms with Gasteiger partial charge in [0.05, 0.1) is 6.04 Å². The van der Waals surface area contributed by atoms with Gasteiger partial charge in [-0.3, -0.25) is 9.69 Å². The first kappa shape index (κ1) is 20.6. The average molecular weight is 401 g/mol. The van der Waals surface area contributed by atoms with Crippen molar-refractivity contribution in [2.24, 2.45) is 0 Å². The molecule has 3 rings (SSSR count). The van der Waals surface area contributed by atoms with Gasteiger partial charge in [0, 0.05) is 57.5 Å². The minimum Gasteiger partial charge on any atom is -0.378 e. The number of benzene rings is 2. The molecular formula is C22H29ClN4O. The van der Waals surface area contributed by atoms with Crippen LogP contribution in [0.2, 0.25) is 5.02 Å². The Labute approximate surface area is 172 Å². The van der Waals surface area contributed by atoms with Gasteiger partial charge in [0.1, 0.15) is 0 Å². The van der Waals surface area contributed by atoms with Crippen molar-refractivity contribution in [1.29, 1.82) is 0 Å². The van der Waals surface area contributed by atoms with Crippen LogP contribution in [0.5, 0.6) is 0 Å². The summed E-state index contributed by atoms with van der Waals surface area (Å²) in [5, 5.41) is 7.15. The maximum atomic E-state index is 12.4. The normalized spacial score (nSPS) is 19.6. The molecule has 1 fully saturated rings. The molecule has 0 saturated carbocycles. The van der Waals surface area contributed by atoms with Crippen molar-refractivity contribution in [2.75, 3.05) is 32.6 Å². The fraction of sp³-hybridized carbons (Fsp3) is 0.409. The number of hydrogen-bond acceptors (Lipinski definition) is 4. The van der Waals surface area contributed by atoms with Crippen LogP contribution in [0.4, 0.5) is 5.69 Å².